The minimum Gasteiger partial charge on any atom is -0.384 e. The molecule has 1 atom stereocenters. The minimum absolute atomic E-state index is 0.215. The Morgan fingerprint density at radius 3 is 2.57 bits per heavy atom. The van der Waals surface area contributed by atoms with Crippen LogP contribution < -0.4 is 0 Å². The van der Waals surface area contributed by atoms with Gasteiger partial charge in [0.15, 0.2) is 0 Å². The Kier molecular flexibility index (Phi) is 7.38. The molecule has 4 heteroatoms. The molecule has 1 rings (SSSR count). The summed E-state index contributed by atoms with van der Waals surface area (Å²) in [7, 11) is 4.10. The van der Waals surface area contributed by atoms with Crippen LogP contribution in [0.25, 0.3) is 0 Å². The molecule has 0 amide bonds. The second-order valence-electron chi connectivity index (χ2n) is 5.48. The van der Waals surface area contributed by atoms with Gasteiger partial charge in [0.05, 0.1) is 0 Å². The van der Waals surface area contributed by atoms with Crippen LogP contribution >= 0.6 is 0 Å². The molecule has 0 aliphatic rings. The van der Waals surface area contributed by atoms with E-state index in [-0.39, 0.29) is 12.4 Å². The van der Waals surface area contributed by atoms with Gasteiger partial charge in [-0.2, -0.15) is 0 Å². The van der Waals surface area contributed by atoms with Gasteiger partial charge in [-0.1, -0.05) is 18.8 Å². The summed E-state index contributed by atoms with van der Waals surface area (Å²) in [6, 6.07) is 5.22. The van der Waals surface area contributed by atoms with Gasteiger partial charge in [0.25, 0.3) is 0 Å². The Labute approximate surface area is 127 Å². The first-order valence-electron chi connectivity index (χ1n) is 7.24. The van der Waals surface area contributed by atoms with Gasteiger partial charge in [-0.15, -0.1) is 0 Å². The topological polar surface area (TPSA) is 26.7 Å². The summed E-state index contributed by atoms with van der Waals surface area (Å²) in [4.78, 5) is 4.45. The van der Waals surface area contributed by atoms with Crippen LogP contribution in [0.5, 0.6) is 0 Å². The van der Waals surface area contributed by atoms with Crippen LogP contribution in [0.4, 0.5) is 4.39 Å². The molecule has 116 valence electrons. The van der Waals surface area contributed by atoms with Crippen molar-refractivity contribution in [2.45, 2.75) is 26.4 Å². The van der Waals surface area contributed by atoms with E-state index in [0.29, 0.717) is 18.2 Å². The molecule has 0 aliphatic carbocycles. The Hall–Kier alpha value is -1.41. The maximum atomic E-state index is 13.7. The number of likely N-dealkylation sites (N-methyl/N-ethyl adjacent to an activating group) is 2. The zero-order valence-electron chi connectivity index (χ0n) is 13.4. The Bertz CT molecular complexity index is 505. The quantitative estimate of drug-likeness (QED) is 0.812. The van der Waals surface area contributed by atoms with Crippen molar-refractivity contribution in [1.82, 2.24) is 9.80 Å². The summed E-state index contributed by atoms with van der Waals surface area (Å²) < 4.78 is 13.7. The number of aliphatic hydroxyl groups is 1. The summed E-state index contributed by atoms with van der Waals surface area (Å²) >= 11 is 0. The fourth-order valence-corrected chi connectivity index (χ4v) is 2.41. The van der Waals surface area contributed by atoms with Crippen LogP contribution in [0.15, 0.2) is 18.2 Å². The molecule has 0 fully saturated rings. The van der Waals surface area contributed by atoms with Gasteiger partial charge >= 0.3 is 0 Å². The number of halogens is 1. The Morgan fingerprint density at radius 2 is 2.00 bits per heavy atom. The van der Waals surface area contributed by atoms with E-state index in [9.17, 15) is 4.39 Å². The van der Waals surface area contributed by atoms with Crippen molar-refractivity contribution < 1.29 is 9.50 Å². The van der Waals surface area contributed by atoms with Crippen molar-refractivity contribution in [3.05, 3.63) is 35.1 Å². The van der Waals surface area contributed by atoms with Crippen LogP contribution in [0.1, 0.15) is 25.0 Å². The number of hydrogen-bond donors (Lipinski definition) is 1. The van der Waals surface area contributed by atoms with E-state index in [2.05, 4.69) is 49.6 Å². The summed E-state index contributed by atoms with van der Waals surface area (Å²) in [5, 5.41) is 8.73. The molecular weight excluding hydrogens is 267 g/mol. The highest BCUT2D eigenvalue weighted by atomic mass is 19.1. The number of nitrogens with zero attached hydrogens (tertiary/aromatic N) is 2. The predicted molar refractivity (Wildman–Crippen MR) is 84.5 cm³/mol. The van der Waals surface area contributed by atoms with Gasteiger partial charge < -0.3 is 10.0 Å². The van der Waals surface area contributed by atoms with Crippen LogP contribution in [-0.4, -0.2) is 54.7 Å². The predicted octanol–water partition coefficient (Wildman–Crippen LogP) is 1.94. The van der Waals surface area contributed by atoms with Gasteiger partial charge in [0.2, 0.25) is 0 Å². The second-order valence-corrected chi connectivity index (χ2v) is 5.48. The van der Waals surface area contributed by atoms with Gasteiger partial charge in [-0.25, -0.2) is 4.39 Å². The first-order chi connectivity index (χ1) is 9.96. The van der Waals surface area contributed by atoms with E-state index in [1.165, 1.54) is 6.07 Å². The molecule has 0 bridgehead atoms. The summed E-state index contributed by atoms with van der Waals surface area (Å²) in [6.45, 7) is 6.63. The van der Waals surface area contributed by atoms with Crippen molar-refractivity contribution >= 4 is 0 Å². The SMILES string of the molecule is CCN(Cc1cc(F)cc(C#CCO)c1)C(C)CN(C)C. The zero-order valence-corrected chi connectivity index (χ0v) is 13.4. The number of benzene rings is 1. The standard InChI is InChI=1S/C17H25FN2O/c1-5-20(14(2)12-19(3)4)13-16-9-15(7-6-8-21)10-17(18)11-16/h9-11,14,21H,5,8,12-13H2,1-4H3. The highest BCUT2D eigenvalue weighted by molar-refractivity contribution is 5.37. The third-order valence-electron chi connectivity index (χ3n) is 3.31. The monoisotopic (exact) mass is 292 g/mol. The van der Waals surface area contributed by atoms with Gasteiger partial charge in [-0.3, -0.25) is 4.90 Å². The molecule has 0 aliphatic heterocycles. The zero-order chi connectivity index (χ0) is 15.8. The van der Waals surface area contributed by atoms with E-state index in [1.807, 2.05) is 6.07 Å². The molecule has 3 nitrogen and oxygen atoms in total. The molecule has 0 saturated heterocycles. The first kappa shape index (κ1) is 17.6. The average molecular weight is 292 g/mol. The van der Waals surface area contributed by atoms with E-state index in [1.54, 1.807) is 6.07 Å². The molecule has 21 heavy (non-hydrogen) atoms. The van der Waals surface area contributed by atoms with Gasteiger partial charge in [0, 0.05) is 24.7 Å². The van der Waals surface area contributed by atoms with E-state index in [4.69, 9.17) is 5.11 Å². The summed E-state index contributed by atoms with van der Waals surface area (Å²) in [6.07, 6.45) is 0. The lowest BCUT2D eigenvalue weighted by Gasteiger charge is -2.30. The molecule has 1 unspecified atom stereocenters. The molecule has 1 aromatic rings. The second kappa shape index (κ2) is 8.78. The maximum Gasteiger partial charge on any atom is 0.124 e. The number of hydrogen-bond acceptors (Lipinski definition) is 3. The van der Waals surface area contributed by atoms with Crippen LogP contribution in [-0.2, 0) is 6.54 Å². The van der Waals surface area contributed by atoms with Gasteiger partial charge in [-0.05, 0) is 51.3 Å². The van der Waals surface area contributed by atoms with Crippen molar-refractivity contribution in [1.29, 1.82) is 0 Å². The van der Waals surface area contributed by atoms with Crippen molar-refractivity contribution in [2.75, 3.05) is 33.8 Å². The molecule has 0 spiro atoms. The highest BCUT2D eigenvalue weighted by Gasteiger charge is 2.14. The minimum atomic E-state index is -0.286. The van der Waals surface area contributed by atoms with Gasteiger partial charge in [0.1, 0.15) is 12.4 Å². The molecule has 0 radical (unpaired) electrons. The molecule has 0 aromatic heterocycles. The molecule has 0 heterocycles. The maximum absolute atomic E-state index is 13.7. The molecule has 1 N–H and O–H groups in total. The van der Waals surface area contributed by atoms with Crippen molar-refractivity contribution in [2.24, 2.45) is 0 Å². The summed E-state index contributed by atoms with van der Waals surface area (Å²) in [5.74, 6) is 5.03. The number of aliphatic hydroxyl groups excluding tert-OH is 1. The smallest absolute Gasteiger partial charge is 0.124 e. The number of rotatable bonds is 6. The van der Waals surface area contributed by atoms with Crippen molar-refractivity contribution in [3.8, 4) is 11.8 Å². The lowest BCUT2D eigenvalue weighted by molar-refractivity contribution is 0.174. The molecule has 0 saturated carbocycles. The van der Waals surface area contributed by atoms with Crippen LogP contribution in [0.2, 0.25) is 0 Å². The first-order valence-corrected chi connectivity index (χ1v) is 7.24. The lowest BCUT2D eigenvalue weighted by atomic mass is 10.1. The highest BCUT2D eigenvalue weighted by Crippen LogP contribution is 2.13. The van der Waals surface area contributed by atoms with E-state index in [0.717, 1.165) is 18.7 Å². The average Bonchev–Trinajstić information content (AvgIpc) is 2.41. The normalized spacial score (nSPS) is 12.4. The largest absolute Gasteiger partial charge is 0.384 e. The fraction of sp³-hybridized carbons (Fsp3) is 0.529. The van der Waals surface area contributed by atoms with E-state index >= 15 is 0 Å². The Morgan fingerprint density at radius 1 is 1.29 bits per heavy atom. The van der Waals surface area contributed by atoms with Crippen LogP contribution in [0.3, 0.4) is 0 Å². The lowest BCUT2D eigenvalue weighted by Crippen LogP contribution is -2.39. The molecule has 1 aromatic carbocycles. The summed E-state index contributed by atoms with van der Waals surface area (Å²) in [5.41, 5.74) is 1.51. The van der Waals surface area contributed by atoms with E-state index < -0.39 is 0 Å². The Balaban J connectivity index is 2.86. The molecular formula is C17H25FN2O. The van der Waals surface area contributed by atoms with Crippen molar-refractivity contribution in [3.63, 3.8) is 0 Å². The van der Waals surface area contributed by atoms with Crippen LogP contribution in [0, 0.1) is 17.7 Å². The fourth-order valence-electron chi connectivity index (χ4n) is 2.41. The third-order valence-corrected chi connectivity index (χ3v) is 3.31. The third kappa shape index (κ3) is 6.26.